The quantitative estimate of drug-likeness (QED) is 0.578. The summed E-state index contributed by atoms with van der Waals surface area (Å²) in [5, 5.41) is 0.671. The van der Waals surface area contributed by atoms with E-state index in [4.69, 9.17) is 22.1 Å². The van der Waals surface area contributed by atoms with Gasteiger partial charge in [0.25, 0.3) is 0 Å². The molecule has 0 saturated carbocycles. The van der Waals surface area contributed by atoms with Crippen LogP contribution in [-0.4, -0.2) is 6.61 Å². The van der Waals surface area contributed by atoms with Crippen molar-refractivity contribution in [1.29, 1.82) is 0 Å². The first-order valence-corrected chi connectivity index (χ1v) is 6.23. The molecule has 0 aromatic heterocycles. The Kier molecular flexibility index (Phi) is 6.27. The van der Waals surface area contributed by atoms with Crippen molar-refractivity contribution in [3.05, 3.63) is 28.8 Å². The summed E-state index contributed by atoms with van der Waals surface area (Å²) < 4.78 is 5.56. The topological polar surface area (TPSA) is 35.2 Å². The molecule has 0 heterocycles. The van der Waals surface area contributed by atoms with E-state index in [1.807, 2.05) is 12.1 Å². The van der Waals surface area contributed by atoms with E-state index in [1.54, 1.807) is 6.07 Å². The molecule has 0 amide bonds. The molecule has 0 saturated heterocycles. The first-order chi connectivity index (χ1) is 7.74. The van der Waals surface area contributed by atoms with Gasteiger partial charge in [0.1, 0.15) is 0 Å². The SMILES string of the molecule is CCCCCCOCc1ccc(Cl)cc1N. The number of anilines is 1. The standard InChI is InChI=1S/C13H20ClNO/c1-2-3-4-5-8-16-10-11-6-7-12(14)9-13(11)15/h6-7,9H,2-5,8,10,15H2,1H3. The minimum atomic E-state index is 0.578. The van der Waals surface area contributed by atoms with E-state index < -0.39 is 0 Å². The molecule has 0 spiro atoms. The van der Waals surface area contributed by atoms with Crippen molar-refractivity contribution in [3.8, 4) is 0 Å². The highest BCUT2D eigenvalue weighted by molar-refractivity contribution is 6.30. The third kappa shape index (κ3) is 4.86. The van der Waals surface area contributed by atoms with E-state index in [1.165, 1.54) is 19.3 Å². The zero-order chi connectivity index (χ0) is 11.8. The Morgan fingerprint density at radius 2 is 2.06 bits per heavy atom. The number of rotatable bonds is 7. The van der Waals surface area contributed by atoms with E-state index in [2.05, 4.69) is 6.92 Å². The van der Waals surface area contributed by atoms with Gasteiger partial charge in [-0.2, -0.15) is 0 Å². The number of benzene rings is 1. The Morgan fingerprint density at radius 3 is 2.75 bits per heavy atom. The highest BCUT2D eigenvalue weighted by atomic mass is 35.5. The van der Waals surface area contributed by atoms with E-state index in [0.29, 0.717) is 17.3 Å². The van der Waals surface area contributed by atoms with Gasteiger partial charge in [-0.15, -0.1) is 0 Å². The summed E-state index contributed by atoms with van der Waals surface area (Å²) in [7, 11) is 0. The Balaban J connectivity index is 2.21. The largest absolute Gasteiger partial charge is 0.398 e. The summed E-state index contributed by atoms with van der Waals surface area (Å²) in [6, 6.07) is 5.52. The lowest BCUT2D eigenvalue weighted by Crippen LogP contribution is -1.99. The molecule has 2 N–H and O–H groups in total. The fourth-order valence-electron chi connectivity index (χ4n) is 1.51. The summed E-state index contributed by atoms with van der Waals surface area (Å²) in [6.45, 7) is 3.59. The monoisotopic (exact) mass is 241 g/mol. The molecule has 1 aromatic rings. The summed E-state index contributed by atoms with van der Waals surface area (Å²) in [5.41, 5.74) is 7.54. The van der Waals surface area contributed by atoms with Crippen LogP contribution < -0.4 is 5.73 Å². The molecular formula is C13H20ClNO. The second-order valence-corrected chi connectivity index (χ2v) is 4.39. The predicted molar refractivity (Wildman–Crippen MR) is 69.7 cm³/mol. The van der Waals surface area contributed by atoms with Crippen LogP contribution in [0.1, 0.15) is 38.2 Å². The summed E-state index contributed by atoms with van der Waals surface area (Å²) >= 11 is 5.81. The second-order valence-electron chi connectivity index (χ2n) is 3.96. The molecule has 0 unspecified atom stereocenters. The van der Waals surface area contributed by atoms with Crippen LogP contribution in [0.5, 0.6) is 0 Å². The lowest BCUT2D eigenvalue weighted by molar-refractivity contribution is 0.117. The Labute approximate surface area is 103 Å². The maximum Gasteiger partial charge on any atom is 0.0736 e. The fourth-order valence-corrected chi connectivity index (χ4v) is 1.69. The van der Waals surface area contributed by atoms with Crippen molar-refractivity contribution in [2.45, 2.75) is 39.2 Å². The van der Waals surface area contributed by atoms with Gasteiger partial charge in [0.2, 0.25) is 0 Å². The molecule has 0 bridgehead atoms. The zero-order valence-corrected chi connectivity index (χ0v) is 10.6. The smallest absolute Gasteiger partial charge is 0.0736 e. The summed E-state index contributed by atoms with van der Waals surface area (Å²) in [4.78, 5) is 0. The van der Waals surface area contributed by atoms with Crippen LogP contribution in [0, 0.1) is 0 Å². The minimum absolute atomic E-state index is 0.578. The van der Waals surface area contributed by atoms with Gasteiger partial charge in [-0.1, -0.05) is 43.9 Å². The number of hydrogen-bond donors (Lipinski definition) is 1. The van der Waals surface area contributed by atoms with Crippen molar-refractivity contribution < 1.29 is 4.74 Å². The van der Waals surface area contributed by atoms with Gasteiger partial charge in [-0.25, -0.2) is 0 Å². The van der Waals surface area contributed by atoms with Crippen LogP contribution >= 0.6 is 11.6 Å². The fraction of sp³-hybridized carbons (Fsp3) is 0.538. The van der Waals surface area contributed by atoms with Gasteiger partial charge in [0, 0.05) is 22.9 Å². The lowest BCUT2D eigenvalue weighted by atomic mass is 10.2. The van der Waals surface area contributed by atoms with Crippen LogP contribution in [0.4, 0.5) is 5.69 Å². The number of ether oxygens (including phenoxy) is 1. The predicted octanol–water partition coefficient (Wildman–Crippen LogP) is 4.02. The zero-order valence-electron chi connectivity index (χ0n) is 9.84. The van der Waals surface area contributed by atoms with E-state index >= 15 is 0 Å². The van der Waals surface area contributed by atoms with Crippen LogP contribution in [-0.2, 0) is 11.3 Å². The van der Waals surface area contributed by atoms with E-state index in [9.17, 15) is 0 Å². The van der Waals surface area contributed by atoms with E-state index in [0.717, 1.165) is 18.6 Å². The molecule has 90 valence electrons. The van der Waals surface area contributed by atoms with E-state index in [-0.39, 0.29) is 0 Å². The summed E-state index contributed by atoms with van der Waals surface area (Å²) in [6.07, 6.45) is 4.91. The molecule has 0 aliphatic rings. The molecule has 16 heavy (non-hydrogen) atoms. The Bertz CT molecular complexity index is 315. The van der Waals surface area contributed by atoms with Gasteiger partial charge in [-0.3, -0.25) is 0 Å². The van der Waals surface area contributed by atoms with Crippen molar-refractivity contribution in [2.24, 2.45) is 0 Å². The van der Waals surface area contributed by atoms with Crippen LogP contribution in [0.2, 0.25) is 5.02 Å². The third-order valence-electron chi connectivity index (χ3n) is 2.51. The third-order valence-corrected chi connectivity index (χ3v) is 2.74. The van der Waals surface area contributed by atoms with Crippen molar-refractivity contribution in [1.82, 2.24) is 0 Å². The Morgan fingerprint density at radius 1 is 1.25 bits per heavy atom. The molecule has 2 nitrogen and oxygen atoms in total. The molecule has 1 rings (SSSR count). The highest BCUT2D eigenvalue weighted by Crippen LogP contribution is 2.18. The summed E-state index contributed by atoms with van der Waals surface area (Å²) in [5.74, 6) is 0. The molecule has 0 radical (unpaired) electrons. The van der Waals surface area contributed by atoms with Crippen molar-refractivity contribution >= 4 is 17.3 Å². The molecule has 3 heteroatoms. The Hall–Kier alpha value is -0.730. The number of halogens is 1. The minimum Gasteiger partial charge on any atom is -0.398 e. The van der Waals surface area contributed by atoms with Crippen LogP contribution in [0.15, 0.2) is 18.2 Å². The van der Waals surface area contributed by atoms with Gasteiger partial charge in [0.15, 0.2) is 0 Å². The second kappa shape index (κ2) is 7.53. The molecule has 0 aliphatic carbocycles. The first kappa shape index (κ1) is 13.3. The number of nitrogens with two attached hydrogens (primary N) is 1. The lowest BCUT2D eigenvalue weighted by Gasteiger charge is -2.07. The maximum atomic E-state index is 5.82. The average molecular weight is 242 g/mol. The molecule has 0 atom stereocenters. The molecule has 0 aliphatic heterocycles. The van der Waals surface area contributed by atoms with Crippen molar-refractivity contribution in [2.75, 3.05) is 12.3 Å². The van der Waals surface area contributed by atoms with Gasteiger partial charge >= 0.3 is 0 Å². The molecule has 0 fully saturated rings. The highest BCUT2D eigenvalue weighted by Gasteiger charge is 1.99. The first-order valence-electron chi connectivity index (χ1n) is 5.85. The molecular weight excluding hydrogens is 222 g/mol. The number of unbranched alkanes of at least 4 members (excludes halogenated alkanes) is 3. The maximum absolute atomic E-state index is 5.82. The van der Waals surface area contributed by atoms with Crippen LogP contribution in [0.25, 0.3) is 0 Å². The number of hydrogen-bond acceptors (Lipinski definition) is 2. The van der Waals surface area contributed by atoms with Gasteiger partial charge < -0.3 is 10.5 Å². The van der Waals surface area contributed by atoms with Crippen LogP contribution in [0.3, 0.4) is 0 Å². The number of nitrogen functional groups attached to an aromatic ring is 1. The van der Waals surface area contributed by atoms with Gasteiger partial charge in [-0.05, 0) is 18.6 Å². The molecule has 1 aromatic carbocycles. The van der Waals surface area contributed by atoms with Crippen molar-refractivity contribution in [3.63, 3.8) is 0 Å². The van der Waals surface area contributed by atoms with Gasteiger partial charge in [0.05, 0.1) is 6.61 Å². The average Bonchev–Trinajstić information content (AvgIpc) is 2.26. The normalized spacial score (nSPS) is 10.6.